The van der Waals surface area contributed by atoms with Gasteiger partial charge in [0.15, 0.2) is 6.29 Å². The Kier molecular flexibility index (Phi) is 30.6. The lowest BCUT2D eigenvalue weighted by Gasteiger charge is -2.59. The van der Waals surface area contributed by atoms with Crippen LogP contribution in [0.1, 0.15) is 193 Å². The van der Waals surface area contributed by atoms with Crippen molar-refractivity contribution in [3.63, 3.8) is 0 Å². The summed E-state index contributed by atoms with van der Waals surface area (Å²) in [5, 5.41) is 21.1. The topological polar surface area (TPSA) is 183 Å². The third kappa shape index (κ3) is 23.7. The summed E-state index contributed by atoms with van der Waals surface area (Å²) in [7, 11) is 1.55. The van der Waals surface area contributed by atoms with E-state index in [1.54, 1.807) is 26.2 Å². The van der Waals surface area contributed by atoms with Crippen LogP contribution < -0.4 is 9.47 Å². The standard InChI is InChI=1S/C30H44O5.C28H38O7.C14H22O2/c1-4-6-12-34-28(32)26(15-24(5-2)25-10-8-7-9-11-25)13-21(3)27(31)35-30-18-22-14-23(19-30)17-29(33,16-22)20-30;1-4-22(23-11-7-5-8-12-23)18-24(28(31)33-16-15-32-3)17-21(2)27(30)35-20-25(29)19-34-26-13-9-6-10-14-26;1-5-11(3)13-7-9-14(10-8-13)16-12(4)15-6-2/h7-11,21-24,26,33H,4-6,12-20H2,1-3H3;5-14,21-22,24-25,29H,4,15-20H2,1-3H3;7-12H,5-6H2,1-4H3. The molecule has 0 radical (unpaired) electrons. The van der Waals surface area contributed by atoms with Gasteiger partial charge in [-0.2, -0.15) is 0 Å². The molecule has 0 heterocycles. The van der Waals surface area contributed by atoms with Gasteiger partial charge in [0.25, 0.3) is 0 Å². The normalized spacial score (nSPS) is 21.4. The van der Waals surface area contributed by atoms with Crippen LogP contribution in [0.4, 0.5) is 0 Å². The van der Waals surface area contributed by atoms with E-state index in [4.69, 9.17) is 37.9 Å². The van der Waals surface area contributed by atoms with Crippen molar-refractivity contribution in [2.75, 3.05) is 46.8 Å². The minimum atomic E-state index is -0.955. The van der Waals surface area contributed by atoms with E-state index in [2.05, 4.69) is 71.0 Å². The van der Waals surface area contributed by atoms with Crippen LogP contribution in [0.15, 0.2) is 115 Å². The first-order chi connectivity index (χ1) is 41.4. The molecule has 4 bridgehead atoms. The van der Waals surface area contributed by atoms with E-state index in [1.807, 2.05) is 87.5 Å². The molecule has 11 unspecified atom stereocenters. The molecule has 8 rings (SSSR count). The lowest BCUT2D eigenvalue weighted by atomic mass is 9.52. The van der Waals surface area contributed by atoms with Gasteiger partial charge >= 0.3 is 23.9 Å². The summed E-state index contributed by atoms with van der Waals surface area (Å²) in [6, 6.07) is 37.7. The number of para-hydroxylation sites is 1. The zero-order chi connectivity index (χ0) is 62.5. The quantitative estimate of drug-likeness (QED) is 0.0195. The van der Waals surface area contributed by atoms with Crippen LogP contribution >= 0.6 is 0 Å². The molecular weight excluding hydrogens is 1090 g/mol. The van der Waals surface area contributed by atoms with E-state index in [0.717, 1.165) is 75.5 Å². The third-order valence-corrected chi connectivity index (χ3v) is 17.3. The lowest BCUT2D eigenvalue weighted by Crippen LogP contribution is -2.60. The Morgan fingerprint density at radius 2 is 1.08 bits per heavy atom. The van der Waals surface area contributed by atoms with Crippen LogP contribution in [-0.4, -0.2) is 104 Å². The highest BCUT2D eigenvalue weighted by Crippen LogP contribution is 2.59. The zero-order valence-corrected chi connectivity index (χ0v) is 53.5. The number of rotatable bonds is 34. The SMILES string of the molecule is CCC(CC(CC(C)C(=O)OCC(O)COc1ccccc1)C(=O)OCCOC)c1ccccc1.CCCCOC(=O)C(CC(C)C(=O)OC12CC3CC(CC(O)(C3)C1)C2)CC(CC)c1ccccc1.CCOC(C)Oc1ccc(C(C)CC)cc1. The zero-order valence-electron chi connectivity index (χ0n) is 53.5. The second-order valence-electron chi connectivity index (χ2n) is 24.6. The lowest BCUT2D eigenvalue weighted by molar-refractivity contribution is -0.222. The van der Waals surface area contributed by atoms with Gasteiger partial charge in [0.2, 0.25) is 0 Å². The molecule has 14 nitrogen and oxygen atoms in total. The van der Waals surface area contributed by atoms with E-state index in [1.165, 1.54) is 11.1 Å². The molecule has 86 heavy (non-hydrogen) atoms. The molecule has 14 heteroatoms. The highest BCUT2D eigenvalue weighted by Gasteiger charge is 2.59. The average Bonchev–Trinajstić information content (AvgIpc) is 1.04. The summed E-state index contributed by atoms with van der Waals surface area (Å²) in [4.78, 5) is 51.9. The first kappa shape index (κ1) is 71.0. The van der Waals surface area contributed by atoms with E-state index in [9.17, 15) is 29.4 Å². The van der Waals surface area contributed by atoms with Crippen molar-refractivity contribution in [2.45, 2.75) is 200 Å². The largest absolute Gasteiger partial charge is 0.491 e. The number of aliphatic hydroxyl groups excluding tert-OH is 1. The van der Waals surface area contributed by atoms with Gasteiger partial charge in [0, 0.05) is 20.1 Å². The van der Waals surface area contributed by atoms with Crippen LogP contribution in [-0.2, 0) is 47.6 Å². The maximum atomic E-state index is 13.3. The number of methoxy groups -OCH3 is 1. The van der Waals surface area contributed by atoms with E-state index in [0.29, 0.717) is 75.4 Å². The molecule has 0 spiro atoms. The number of benzene rings is 4. The summed E-state index contributed by atoms with van der Waals surface area (Å²) < 4.78 is 44.0. The summed E-state index contributed by atoms with van der Waals surface area (Å²) >= 11 is 0. The molecule has 4 aromatic rings. The van der Waals surface area contributed by atoms with E-state index < -0.39 is 41.0 Å². The Morgan fingerprint density at radius 3 is 1.57 bits per heavy atom. The van der Waals surface area contributed by atoms with Gasteiger partial charge in [0.05, 0.1) is 42.5 Å². The number of hydrogen-bond acceptors (Lipinski definition) is 14. The van der Waals surface area contributed by atoms with Crippen LogP contribution in [0.25, 0.3) is 0 Å². The summed E-state index contributed by atoms with van der Waals surface area (Å²) in [6.45, 7) is 19.6. The monoisotopic (exact) mass is 1190 g/mol. The minimum absolute atomic E-state index is 0.00931. The molecule has 0 amide bonds. The van der Waals surface area contributed by atoms with Gasteiger partial charge in [-0.1, -0.05) is 146 Å². The smallest absolute Gasteiger partial charge is 0.309 e. The third-order valence-electron chi connectivity index (χ3n) is 17.3. The molecule has 4 aliphatic carbocycles. The number of unbranched alkanes of at least 4 members (excludes halogenated alkanes) is 1. The van der Waals surface area contributed by atoms with Crippen LogP contribution in [0.3, 0.4) is 0 Å². The van der Waals surface area contributed by atoms with Crippen molar-refractivity contribution in [3.05, 3.63) is 132 Å². The molecule has 2 N–H and O–H groups in total. The van der Waals surface area contributed by atoms with E-state index in [-0.39, 0.29) is 61.8 Å². The molecule has 4 fully saturated rings. The fraction of sp³-hybridized carbons (Fsp3) is 0.611. The predicted octanol–water partition coefficient (Wildman–Crippen LogP) is 14.5. The number of carbonyl (C=O) groups is 4. The van der Waals surface area contributed by atoms with Crippen molar-refractivity contribution in [3.8, 4) is 11.5 Å². The Balaban J connectivity index is 0.000000252. The molecule has 4 aromatic carbocycles. The Hall–Kier alpha value is -5.80. The first-order valence-electron chi connectivity index (χ1n) is 32.1. The summed E-state index contributed by atoms with van der Waals surface area (Å²) in [6.07, 6.45) is 10.8. The van der Waals surface area contributed by atoms with Crippen molar-refractivity contribution in [2.24, 2.45) is 35.5 Å². The molecule has 0 aliphatic heterocycles. The number of esters is 4. The number of aliphatic hydroxyl groups is 2. The molecule has 4 aliphatic rings. The van der Waals surface area contributed by atoms with Gasteiger partial charge in [-0.15, -0.1) is 0 Å². The van der Waals surface area contributed by atoms with Gasteiger partial charge in [-0.25, -0.2) is 0 Å². The van der Waals surface area contributed by atoms with E-state index >= 15 is 0 Å². The van der Waals surface area contributed by atoms with Crippen LogP contribution in [0.5, 0.6) is 11.5 Å². The second-order valence-corrected chi connectivity index (χ2v) is 24.6. The van der Waals surface area contributed by atoms with Crippen LogP contribution in [0, 0.1) is 35.5 Å². The van der Waals surface area contributed by atoms with Gasteiger partial charge in [-0.05, 0) is 168 Å². The number of ether oxygens (including phenoxy) is 8. The van der Waals surface area contributed by atoms with Crippen molar-refractivity contribution in [1.82, 2.24) is 0 Å². The first-order valence-corrected chi connectivity index (χ1v) is 32.1. The molecular formula is C72H104O14. The molecule has 476 valence electrons. The molecule has 4 saturated carbocycles. The Morgan fingerprint density at radius 1 is 0.558 bits per heavy atom. The highest BCUT2D eigenvalue weighted by atomic mass is 16.7. The average molecular weight is 1190 g/mol. The summed E-state index contributed by atoms with van der Waals surface area (Å²) in [5.41, 5.74) is 2.55. The van der Waals surface area contributed by atoms with Crippen LogP contribution in [0.2, 0.25) is 0 Å². The van der Waals surface area contributed by atoms with Crippen molar-refractivity contribution >= 4 is 23.9 Å². The van der Waals surface area contributed by atoms with Crippen molar-refractivity contribution < 1.29 is 67.3 Å². The fourth-order valence-electron chi connectivity index (χ4n) is 12.8. The summed E-state index contributed by atoms with van der Waals surface area (Å²) in [5.74, 6) is 0.452. The second kappa shape index (κ2) is 37.1. The van der Waals surface area contributed by atoms with Gasteiger partial charge in [0.1, 0.15) is 43.0 Å². The van der Waals surface area contributed by atoms with Crippen molar-refractivity contribution in [1.29, 1.82) is 0 Å². The number of carbonyl (C=O) groups excluding carboxylic acids is 4. The molecule has 0 aromatic heterocycles. The maximum absolute atomic E-state index is 13.3. The van der Waals surface area contributed by atoms with Gasteiger partial charge < -0.3 is 48.1 Å². The fourth-order valence-corrected chi connectivity index (χ4v) is 12.8. The Labute approximate surface area is 514 Å². The Bertz CT molecular complexity index is 2530. The highest BCUT2D eigenvalue weighted by molar-refractivity contribution is 5.77. The molecule has 0 saturated heterocycles. The molecule has 11 atom stereocenters. The maximum Gasteiger partial charge on any atom is 0.309 e. The minimum Gasteiger partial charge on any atom is -0.491 e. The number of hydrogen-bond donors (Lipinski definition) is 2. The predicted molar refractivity (Wildman–Crippen MR) is 336 cm³/mol. The van der Waals surface area contributed by atoms with Gasteiger partial charge in [-0.3, -0.25) is 19.2 Å².